The van der Waals surface area contributed by atoms with Gasteiger partial charge in [0.2, 0.25) is 0 Å². The molecule has 0 fully saturated rings. The third-order valence-electron chi connectivity index (χ3n) is 3.52. The van der Waals surface area contributed by atoms with E-state index < -0.39 is 18.5 Å². The molecule has 1 N–H and O–H groups in total. The smallest absolute Gasteiger partial charge is 0.338 e. The summed E-state index contributed by atoms with van der Waals surface area (Å²) < 4.78 is 15.5. The van der Waals surface area contributed by atoms with Crippen LogP contribution >= 0.6 is 23.2 Å². The van der Waals surface area contributed by atoms with Gasteiger partial charge < -0.3 is 19.5 Å². The number of hydrogen-bond donors (Lipinski definition) is 1. The molecule has 8 heteroatoms. The lowest BCUT2D eigenvalue weighted by atomic mass is 10.1. The fourth-order valence-corrected chi connectivity index (χ4v) is 2.53. The fraction of sp³-hybridized carbons (Fsp3) is 0.222. The van der Waals surface area contributed by atoms with Gasteiger partial charge in [0, 0.05) is 10.6 Å². The molecule has 0 aliphatic carbocycles. The first-order valence-electron chi connectivity index (χ1n) is 7.50. The van der Waals surface area contributed by atoms with Crippen molar-refractivity contribution in [3.8, 4) is 11.5 Å². The van der Waals surface area contributed by atoms with Crippen LogP contribution in [0.25, 0.3) is 0 Å². The summed E-state index contributed by atoms with van der Waals surface area (Å²) in [5, 5.41) is 3.27. The summed E-state index contributed by atoms with van der Waals surface area (Å²) in [7, 11) is 2.97. The fourth-order valence-electron chi connectivity index (χ4n) is 2.20. The second-order valence-electron chi connectivity index (χ2n) is 5.25. The molecule has 6 nitrogen and oxygen atoms in total. The molecule has 0 saturated heterocycles. The van der Waals surface area contributed by atoms with Crippen molar-refractivity contribution in [1.82, 2.24) is 0 Å². The van der Waals surface area contributed by atoms with Gasteiger partial charge >= 0.3 is 5.97 Å². The molecule has 0 unspecified atom stereocenters. The maximum atomic E-state index is 12.2. The van der Waals surface area contributed by atoms with Crippen molar-refractivity contribution in [2.24, 2.45) is 0 Å². The molecule has 0 heterocycles. The number of carbonyl (C=O) groups excluding carboxylic acids is 2. The van der Waals surface area contributed by atoms with E-state index >= 15 is 0 Å². The maximum Gasteiger partial charge on any atom is 0.338 e. The SMILES string of the molecule is COc1cc(C(=O)OCC(=O)Nc2cc(Cl)ccc2Cl)cc(OC)c1C. The predicted octanol–water partition coefficient (Wildman–Crippen LogP) is 4.11. The van der Waals surface area contributed by atoms with Gasteiger partial charge in [-0.2, -0.15) is 0 Å². The van der Waals surface area contributed by atoms with Crippen molar-refractivity contribution in [2.45, 2.75) is 6.92 Å². The Balaban J connectivity index is 2.04. The van der Waals surface area contributed by atoms with Crippen LogP contribution in [-0.4, -0.2) is 32.7 Å². The number of carbonyl (C=O) groups is 2. The Morgan fingerprint density at radius 2 is 1.65 bits per heavy atom. The zero-order chi connectivity index (χ0) is 19.3. The second kappa shape index (κ2) is 8.78. The molecule has 0 atom stereocenters. The highest BCUT2D eigenvalue weighted by molar-refractivity contribution is 6.35. The average molecular weight is 398 g/mol. The van der Waals surface area contributed by atoms with Gasteiger partial charge in [0.25, 0.3) is 5.91 Å². The molecule has 0 radical (unpaired) electrons. The average Bonchev–Trinajstić information content (AvgIpc) is 2.63. The molecule has 2 aromatic carbocycles. The first kappa shape index (κ1) is 19.9. The Labute approximate surface area is 160 Å². The number of rotatable bonds is 6. The van der Waals surface area contributed by atoms with Gasteiger partial charge in [-0.3, -0.25) is 4.79 Å². The number of ether oxygens (including phenoxy) is 3. The van der Waals surface area contributed by atoms with Gasteiger partial charge in [0.05, 0.1) is 30.5 Å². The molecular formula is C18H17Cl2NO5. The van der Waals surface area contributed by atoms with Crippen LogP contribution in [0.4, 0.5) is 5.69 Å². The van der Waals surface area contributed by atoms with Gasteiger partial charge in [-0.05, 0) is 37.3 Å². The van der Waals surface area contributed by atoms with Crippen LogP contribution in [0.15, 0.2) is 30.3 Å². The number of nitrogens with one attached hydrogen (secondary N) is 1. The van der Waals surface area contributed by atoms with E-state index in [1.54, 1.807) is 19.1 Å². The topological polar surface area (TPSA) is 73.9 Å². The van der Waals surface area contributed by atoms with E-state index in [-0.39, 0.29) is 5.56 Å². The first-order valence-corrected chi connectivity index (χ1v) is 8.26. The van der Waals surface area contributed by atoms with Crippen molar-refractivity contribution >= 4 is 40.8 Å². The normalized spacial score (nSPS) is 10.2. The number of amides is 1. The summed E-state index contributed by atoms with van der Waals surface area (Å²) in [5.74, 6) is -0.277. The van der Waals surface area contributed by atoms with E-state index in [4.69, 9.17) is 37.4 Å². The molecule has 26 heavy (non-hydrogen) atoms. The molecule has 138 valence electrons. The number of halogens is 2. The maximum absolute atomic E-state index is 12.2. The summed E-state index contributed by atoms with van der Waals surface area (Å²) >= 11 is 11.8. The minimum Gasteiger partial charge on any atom is -0.496 e. The van der Waals surface area contributed by atoms with Gasteiger partial charge in [-0.1, -0.05) is 23.2 Å². The lowest BCUT2D eigenvalue weighted by Crippen LogP contribution is -2.21. The number of hydrogen-bond acceptors (Lipinski definition) is 5. The van der Waals surface area contributed by atoms with Gasteiger partial charge in [-0.25, -0.2) is 4.79 Å². The molecule has 2 aromatic rings. The number of benzene rings is 2. The molecule has 0 bridgehead atoms. The lowest BCUT2D eigenvalue weighted by molar-refractivity contribution is -0.119. The number of esters is 1. The molecule has 0 aromatic heterocycles. The summed E-state index contributed by atoms with van der Waals surface area (Å²) in [6.07, 6.45) is 0. The third kappa shape index (κ3) is 4.80. The quantitative estimate of drug-likeness (QED) is 0.742. The standard InChI is InChI=1S/C18H17Cl2NO5/c1-10-15(24-2)6-11(7-16(10)25-3)18(23)26-9-17(22)21-14-8-12(19)4-5-13(14)20/h4-8H,9H2,1-3H3,(H,21,22). The van der Waals surface area contributed by atoms with Crippen LogP contribution < -0.4 is 14.8 Å². The highest BCUT2D eigenvalue weighted by Gasteiger charge is 2.16. The van der Waals surface area contributed by atoms with E-state index in [1.165, 1.54) is 32.4 Å². The Hall–Kier alpha value is -2.44. The van der Waals surface area contributed by atoms with Crippen molar-refractivity contribution in [1.29, 1.82) is 0 Å². The van der Waals surface area contributed by atoms with Crippen LogP contribution in [0.1, 0.15) is 15.9 Å². The Morgan fingerprint density at radius 1 is 1.04 bits per heavy atom. The van der Waals surface area contributed by atoms with Crippen LogP contribution in [0.3, 0.4) is 0 Å². The largest absolute Gasteiger partial charge is 0.496 e. The molecular weight excluding hydrogens is 381 g/mol. The van der Waals surface area contributed by atoms with E-state index in [2.05, 4.69) is 5.32 Å². The van der Waals surface area contributed by atoms with Crippen molar-refractivity contribution in [3.63, 3.8) is 0 Å². The minimum atomic E-state index is -0.686. The third-order valence-corrected chi connectivity index (χ3v) is 4.09. The van der Waals surface area contributed by atoms with E-state index in [0.717, 1.165) is 5.56 Å². The summed E-state index contributed by atoms with van der Waals surface area (Å²) in [5.41, 5.74) is 1.29. The van der Waals surface area contributed by atoms with Crippen molar-refractivity contribution in [3.05, 3.63) is 51.5 Å². The van der Waals surface area contributed by atoms with Crippen LogP contribution in [0.2, 0.25) is 10.0 Å². The second-order valence-corrected chi connectivity index (χ2v) is 6.10. The zero-order valence-corrected chi connectivity index (χ0v) is 15.9. The van der Waals surface area contributed by atoms with Crippen LogP contribution in [0.5, 0.6) is 11.5 Å². The Bertz CT molecular complexity index is 813. The lowest BCUT2D eigenvalue weighted by Gasteiger charge is -2.12. The van der Waals surface area contributed by atoms with E-state index in [9.17, 15) is 9.59 Å². The van der Waals surface area contributed by atoms with E-state index in [0.29, 0.717) is 27.2 Å². The molecule has 0 aliphatic rings. The highest BCUT2D eigenvalue weighted by Crippen LogP contribution is 2.30. The van der Waals surface area contributed by atoms with Crippen molar-refractivity contribution in [2.75, 3.05) is 26.1 Å². The predicted molar refractivity (Wildman–Crippen MR) is 99.7 cm³/mol. The number of methoxy groups -OCH3 is 2. The minimum absolute atomic E-state index is 0.206. The van der Waals surface area contributed by atoms with Crippen LogP contribution in [-0.2, 0) is 9.53 Å². The number of anilines is 1. The van der Waals surface area contributed by atoms with Crippen molar-refractivity contribution < 1.29 is 23.8 Å². The monoisotopic (exact) mass is 397 g/mol. The van der Waals surface area contributed by atoms with Gasteiger partial charge in [0.15, 0.2) is 6.61 Å². The van der Waals surface area contributed by atoms with Gasteiger partial charge in [0.1, 0.15) is 11.5 Å². The Morgan fingerprint density at radius 3 is 2.23 bits per heavy atom. The molecule has 2 rings (SSSR count). The Kier molecular flexibility index (Phi) is 6.71. The first-order chi connectivity index (χ1) is 12.3. The summed E-state index contributed by atoms with van der Waals surface area (Å²) in [6.45, 7) is 1.31. The zero-order valence-electron chi connectivity index (χ0n) is 14.4. The molecule has 0 aliphatic heterocycles. The van der Waals surface area contributed by atoms with Gasteiger partial charge in [-0.15, -0.1) is 0 Å². The molecule has 1 amide bonds. The molecule has 0 spiro atoms. The van der Waals surface area contributed by atoms with E-state index in [1.807, 2.05) is 0 Å². The van der Waals surface area contributed by atoms with Crippen LogP contribution in [0, 0.1) is 6.92 Å². The molecule has 0 saturated carbocycles. The highest BCUT2D eigenvalue weighted by atomic mass is 35.5. The summed E-state index contributed by atoms with van der Waals surface area (Å²) in [6, 6.07) is 7.69. The summed E-state index contributed by atoms with van der Waals surface area (Å²) in [4.78, 5) is 24.2.